The summed E-state index contributed by atoms with van der Waals surface area (Å²) in [6.45, 7) is 4.84. The molecular weight excluding hydrogens is 368 g/mol. The number of piperidine rings is 1. The Kier molecular flexibility index (Phi) is 7.62. The SMILES string of the molecule is CCOC(=O)CCN1CCC2(CC1)CC(c1ccc(C=NN)cc1)=NO2.Cl. The van der Waals surface area contributed by atoms with E-state index in [0.717, 1.165) is 55.7 Å². The monoisotopic (exact) mass is 394 g/mol. The molecule has 8 heteroatoms. The first-order valence-electron chi connectivity index (χ1n) is 9.11. The highest BCUT2D eigenvalue weighted by Gasteiger charge is 2.42. The van der Waals surface area contributed by atoms with E-state index in [0.29, 0.717) is 13.0 Å². The van der Waals surface area contributed by atoms with Gasteiger partial charge in [-0.2, -0.15) is 5.10 Å². The van der Waals surface area contributed by atoms with Crippen molar-refractivity contribution in [2.24, 2.45) is 16.1 Å². The van der Waals surface area contributed by atoms with Gasteiger partial charge in [0.25, 0.3) is 0 Å². The molecule has 148 valence electrons. The van der Waals surface area contributed by atoms with Crippen molar-refractivity contribution in [2.75, 3.05) is 26.2 Å². The lowest BCUT2D eigenvalue weighted by Gasteiger charge is -2.37. The number of hydrazone groups is 1. The first-order valence-corrected chi connectivity index (χ1v) is 9.11. The number of benzene rings is 1. The van der Waals surface area contributed by atoms with E-state index in [9.17, 15) is 4.79 Å². The second kappa shape index (κ2) is 9.71. The fourth-order valence-corrected chi connectivity index (χ4v) is 3.46. The molecule has 1 fully saturated rings. The van der Waals surface area contributed by atoms with E-state index in [1.807, 2.05) is 31.2 Å². The number of hydrogen-bond donors (Lipinski definition) is 1. The highest BCUT2D eigenvalue weighted by molar-refractivity contribution is 6.02. The quantitative estimate of drug-likeness (QED) is 0.346. The van der Waals surface area contributed by atoms with Gasteiger partial charge in [0.2, 0.25) is 0 Å². The van der Waals surface area contributed by atoms with Gasteiger partial charge in [-0.25, -0.2) is 0 Å². The number of likely N-dealkylation sites (tertiary alicyclic amines) is 1. The molecule has 1 spiro atoms. The molecule has 0 bridgehead atoms. The molecule has 2 aliphatic rings. The van der Waals surface area contributed by atoms with E-state index in [-0.39, 0.29) is 24.0 Å². The van der Waals surface area contributed by atoms with Crippen LogP contribution in [-0.2, 0) is 14.4 Å². The predicted molar refractivity (Wildman–Crippen MR) is 107 cm³/mol. The minimum absolute atomic E-state index is 0. The molecule has 1 saturated heterocycles. The average molecular weight is 395 g/mol. The Labute approximate surface area is 166 Å². The van der Waals surface area contributed by atoms with Crippen molar-refractivity contribution in [3.8, 4) is 0 Å². The van der Waals surface area contributed by atoms with Gasteiger partial charge in [-0.15, -0.1) is 12.4 Å². The van der Waals surface area contributed by atoms with Crippen LogP contribution in [0.1, 0.15) is 43.7 Å². The summed E-state index contributed by atoms with van der Waals surface area (Å²) in [6, 6.07) is 7.98. The molecule has 7 nitrogen and oxygen atoms in total. The zero-order chi connectivity index (χ0) is 18.4. The van der Waals surface area contributed by atoms with Crippen molar-refractivity contribution < 1.29 is 14.4 Å². The zero-order valence-electron chi connectivity index (χ0n) is 15.6. The van der Waals surface area contributed by atoms with Crippen molar-refractivity contribution in [1.29, 1.82) is 0 Å². The minimum atomic E-state index is -0.201. The first kappa shape index (κ1) is 21.2. The zero-order valence-corrected chi connectivity index (χ0v) is 16.4. The highest BCUT2D eigenvalue weighted by Crippen LogP contribution is 2.36. The number of carbonyl (C=O) groups excluding carboxylic acids is 1. The van der Waals surface area contributed by atoms with Crippen LogP contribution in [0.4, 0.5) is 0 Å². The number of carbonyl (C=O) groups is 1. The van der Waals surface area contributed by atoms with Gasteiger partial charge in [0.05, 0.1) is 25.0 Å². The summed E-state index contributed by atoms with van der Waals surface area (Å²) in [5, 5.41) is 7.88. The van der Waals surface area contributed by atoms with Gasteiger partial charge < -0.3 is 20.3 Å². The molecule has 2 aliphatic heterocycles. The standard InChI is InChI=1S/C19H26N4O3.ClH/c1-2-25-18(24)7-10-23-11-8-19(9-12-23)13-17(22-26-19)16-5-3-15(4-6-16)14-21-20;/h3-6,14H,2,7-13,20H2,1H3;1H. The number of hydrogen-bond acceptors (Lipinski definition) is 7. The van der Waals surface area contributed by atoms with Gasteiger partial charge in [0.1, 0.15) is 5.60 Å². The number of oxime groups is 1. The van der Waals surface area contributed by atoms with Crippen LogP contribution in [0.3, 0.4) is 0 Å². The maximum atomic E-state index is 11.5. The van der Waals surface area contributed by atoms with Crippen molar-refractivity contribution >= 4 is 30.3 Å². The summed E-state index contributed by atoms with van der Waals surface area (Å²) < 4.78 is 4.99. The molecule has 0 aliphatic carbocycles. The van der Waals surface area contributed by atoms with Crippen LogP contribution in [0.2, 0.25) is 0 Å². The number of ether oxygens (including phenoxy) is 1. The normalized spacial score (nSPS) is 18.8. The van der Waals surface area contributed by atoms with E-state index in [2.05, 4.69) is 15.2 Å². The number of rotatable bonds is 6. The Morgan fingerprint density at radius 3 is 2.70 bits per heavy atom. The van der Waals surface area contributed by atoms with Gasteiger partial charge in [0, 0.05) is 38.9 Å². The Morgan fingerprint density at radius 1 is 1.37 bits per heavy atom. The van der Waals surface area contributed by atoms with E-state index in [1.165, 1.54) is 0 Å². The van der Waals surface area contributed by atoms with E-state index in [1.54, 1.807) is 6.21 Å². The molecule has 1 aromatic carbocycles. The molecule has 3 rings (SSSR count). The molecule has 0 aromatic heterocycles. The maximum absolute atomic E-state index is 11.5. The number of halogens is 1. The third kappa shape index (κ3) is 5.43. The molecule has 1 aromatic rings. The van der Waals surface area contributed by atoms with Crippen LogP contribution in [0, 0.1) is 0 Å². The Hall–Kier alpha value is -2.12. The molecule has 0 unspecified atom stereocenters. The van der Waals surface area contributed by atoms with Crippen molar-refractivity contribution in [3.05, 3.63) is 35.4 Å². The molecule has 2 N–H and O–H groups in total. The molecule has 2 heterocycles. The molecule has 27 heavy (non-hydrogen) atoms. The number of nitrogens with two attached hydrogens (primary N) is 1. The third-order valence-electron chi connectivity index (χ3n) is 5.01. The average Bonchev–Trinajstić information content (AvgIpc) is 3.06. The van der Waals surface area contributed by atoms with Crippen molar-refractivity contribution in [2.45, 2.75) is 38.2 Å². The number of esters is 1. The summed E-state index contributed by atoms with van der Waals surface area (Å²) in [5.41, 5.74) is 2.81. The molecule has 0 saturated carbocycles. The largest absolute Gasteiger partial charge is 0.466 e. The summed E-state index contributed by atoms with van der Waals surface area (Å²) in [6.07, 6.45) is 4.72. The second-order valence-corrected chi connectivity index (χ2v) is 6.79. The Balaban J connectivity index is 0.00000261. The van der Waals surface area contributed by atoms with E-state index >= 15 is 0 Å². The highest BCUT2D eigenvalue weighted by atomic mass is 35.5. The molecule has 0 radical (unpaired) electrons. The van der Waals surface area contributed by atoms with Crippen LogP contribution in [-0.4, -0.2) is 54.6 Å². The smallest absolute Gasteiger partial charge is 0.307 e. The molecule has 0 amide bonds. The van der Waals surface area contributed by atoms with Crippen molar-refractivity contribution in [3.63, 3.8) is 0 Å². The summed E-state index contributed by atoms with van der Waals surface area (Å²) in [5.74, 6) is 5.05. The van der Waals surface area contributed by atoms with Crippen LogP contribution in [0.5, 0.6) is 0 Å². The lowest BCUT2D eigenvalue weighted by Crippen LogP contribution is -2.45. The van der Waals surface area contributed by atoms with Gasteiger partial charge in [-0.05, 0) is 18.1 Å². The van der Waals surface area contributed by atoms with Crippen LogP contribution < -0.4 is 5.84 Å². The van der Waals surface area contributed by atoms with E-state index in [4.69, 9.17) is 15.4 Å². The van der Waals surface area contributed by atoms with Gasteiger partial charge in [-0.1, -0.05) is 29.4 Å². The van der Waals surface area contributed by atoms with Crippen LogP contribution in [0.15, 0.2) is 34.5 Å². The fraction of sp³-hybridized carbons (Fsp3) is 0.526. The van der Waals surface area contributed by atoms with Crippen LogP contribution in [0.25, 0.3) is 0 Å². The van der Waals surface area contributed by atoms with Gasteiger partial charge in [0.15, 0.2) is 0 Å². The second-order valence-electron chi connectivity index (χ2n) is 6.79. The first-order chi connectivity index (χ1) is 12.6. The van der Waals surface area contributed by atoms with Crippen molar-refractivity contribution in [1.82, 2.24) is 4.90 Å². The number of nitrogens with zero attached hydrogens (tertiary/aromatic N) is 3. The van der Waals surface area contributed by atoms with E-state index < -0.39 is 0 Å². The molecular formula is C19H27ClN4O3. The predicted octanol–water partition coefficient (Wildman–Crippen LogP) is 2.31. The summed E-state index contributed by atoms with van der Waals surface area (Å²) in [7, 11) is 0. The van der Waals surface area contributed by atoms with Gasteiger partial charge >= 0.3 is 5.97 Å². The fourth-order valence-electron chi connectivity index (χ4n) is 3.46. The lowest BCUT2D eigenvalue weighted by molar-refractivity contribution is -0.143. The topological polar surface area (TPSA) is 89.5 Å². The Bertz CT molecular complexity index is 683. The summed E-state index contributed by atoms with van der Waals surface area (Å²) in [4.78, 5) is 19.7. The lowest BCUT2D eigenvalue weighted by atomic mass is 9.85. The summed E-state index contributed by atoms with van der Waals surface area (Å²) >= 11 is 0. The maximum Gasteiger partial charge on any atom is 0.307 e. The minimum Gasteiger partial charge on any atom is -0.466 e. The Morgan fingerprint density at radius 2 is 2.07 bits per heavy atom. The van der Waals surface area contributed by atoms with Crippen LogP contribution >= 0.6 is 12.4 Å². The van der Waals surface area contributed by atoms with Gasteiger partial charge in [-0.3, -0.25) is 4.79 Å². The molecule has 0 atom stereocenters. The third-order valence-corrected chi connectivity index (χ3v) is 5.01.